The molecule has 0 aliphatic heterocycles. The molecule has 0 bridgehead atoms. The van der Waals surface area contributed by atoms with E-state index in [0.717, 1.165) is 6.61 Å². The predicted octanol–water partition coefficient (Wildman–Crippen LogP) is 3.08. The molecule has 0 fully saturated rings. The summed E-state index contributed by atoms with van der Waals surface area (Å²) >= 11 is 0. The zero-order chi connectivity index (χ0) is 9.61. The minimum absolute atomic E-state index is 0.746. The molecule has 0 saturated carbocycles. The van der Waals surface area contributed by atoms with Crippen LogP contribution in [0.15, 0.2) is 24.3 Å². The molecule has 0 atom stereocenters. The Morgan fingerprint density at radius 2 is 2.00 bits per heavy atom. The molecule has 0 heterocycles. The van der Waals surface area contributed by atoms with Crippen LogP contribution in [0.1, 0.15) is 0 Å². The first kappa shape index (κ1) is 11.7. The van der Waals surface area contributed by atoms with Gasteiger partial charge in [-0.1, -0.05) is 38.4 Å². The van der Waals surface area contributed by atoms with Gasteiger partial charge in [0.2, 0.25) is 0 Å². The number of rotatable bonds is 5. The van der Waals surface area contributed by atoms with Crippen LogP contribution in [0, 0.1) is 0 Å². The van der Waals surface area contributed by atoms with Gasteiger partial charge in [0.05, 0.1) is 6.61 Å². The van der Waals surface area contributed by atoms with Crippen LogP contribution >= 0.6 is 0 Å². The standard InChI is InChI=1S/C10H20OSi/c1-6-7-10(8-11-2)9-12(3,4)5/h6-7H,1,8-9H2,2-5H3/b10-7-. The minimum Gasteiger partial charge on any atom is -0.380 e. The first-order chi connectivity index (χ1) is 5.49. The third-order valence-corrected chi connectivity index (χ3v) is 2.96. The second kappa shape index (κ2) is 5.33. The lowest BCUT2D eigenvalue weighted by Crippen LogP contribution is -2.21. The average molecular weight is 184 g/mol. The molecule has 1 nitrogen and oxygen atoms in total. The topological polar surface area (TPSA) is 9.23 Å². The lowest BCUT2D eigenvalue weighted by molar-refractivity contribution is 0.225. The molecule has 0 aromatic heterocycles. The molecule has 70 valence electrons. The molecule has 0 amide bonds. The monoisotopic (exact) mass is 184 g/mol. The molecule has 2 heteroatoms. The summed E-state index contributed by atoms with van der Waals surface area (Å²) in [6.07, 6.45) is 3.91. The Bertz CT molecular complexity index is 165. The highest BCUT2D eigenvalue weighted by molar-refractivity contribution is 6.76. The van der Waals surface area contributed by atoms with Crippen LogP contribution in [0.3, 0.4) is 0 Å². The van der Waals surface area contributed by atoms with Gasteiger partial charge in [-0.05, 0) is 11.6 Å². The molecule has 0 aromatic rings. The lowest BCUT2D eigenvalue weighted by Gasteiger charge is -2.17. The summed E-state index contributed by atoms with van der Waals surface area (Å²) in [5.74, 6) is 0. The SMILES string of the molecule is C=C/C=C(/COC)C[Si](C)(C)C. The third-order valence-electron chi connectivity index (χ3n) is 1.44. The van der Waals surface area contributed by atoms with Crippen LogP contribution in [0.4, 0.5) is 0 Å². The molecule has 0 aromatic carbocycles. The first-order valence-corrected chi connectivity index (χ1v) is 7.99. The predicted molar refractivity (Wildman–Crippen MR) is 58.3 cm³/mol. The number of allylic oxidation sites excluding steroid dienone is 2. The summed E-state index contributed by atoms with van der Waals surface area (Å²) < 4.78 is 5.11. The van der Waals surface area contributed by atoms with E-state index in [-0.39, 0.29) is 0 Å². The van der Waals surface area contributed by atoms with Gasteiger partial charge < -0.3 is 4.74 Å². The van der Waals surface area contributed by atoms with Crippen molar-refractivity contribution in [2.24, 2.45) is 0 Å². The van der Waals surface area contributed by atoms with Gasteiger partial charge in [-0.2, -0.15) is 0 Å². The highest BCUT2D eigenvalue weighted by Gasteiger charge is 2.14. The van der Waals surface area contributed by atoms with Crippen LogP contribution in [-0.4, -0.2) is 21.8 Å². The second-order valence-corrected chi connectivity index (χ2v) is 9.71. The number of hydrogen-bond donors (Lipinski definition) is 0. The molecule has 0 spiro atoms. The van der Waals surface area contributed by atoms with E-state index in [9.17, 15) is 0 Å². The highest BCUT2D eigenvalue weighted by atomic mass is 28.3. The van der Waals surface area contributed by atoms with Gasteiger partial charge in [0.1, 0.15) is 0 Å². The normalized spacial score (nSPS) is 13.2. The fraction of sp³-hybridized carbons (Fsp3) is 0.600. The van der Waals surface area contributed by atoms with Gasteiger partial charge in [-0.3, -0.25) is 0 Å². The molecular weight excluding hydrogens is 164 g/mol. The van der Waals surface area contributed by atoms with Crippen LogP contribution in [0.5, 0.6) is 0 Å². The van der Waals surface area contributed by atoms with Crippen molar-refractivity contribution in [3.8, 4) is 0 Å². The van der Waals surface area contributed by atoms with E-state index in [0.29, 0.717) is 0 Å². The van der Waals surface area contributed by atoms with Gasteiger partial charge in [0.25, 0.3) is 0 Å². The van der Waals surface area contributed by atoms with Crippen LogP contribution in [0.2, 0.25) is 25.7 Å². The van der Waals surface area contributed by atoms with E-state index in [2.05, 4.69) is 32.3 Å². The van der Waals surface area contributed by atoms with Gasteiger partial charge >= 0.3 is 0 Å². The smallest absolute Gasteiger partial charge is 0.0673 e. The maximum atomic E-state index is 5.11. The maximum Gasteiger partial charge on any atom is 0.0673 e. The molecule has 0 aliphatic carbocycles. The Morgan fingerprint density at radius 1 is 1.42 bits per heavy atom. The summed E-state index contributed by atoms with van der Waals surface area (Å²) in [4.78, 5) is 0. The molecule has 0 unspecified atom stereocenters. The average Bonchev–Trinajstić information content (AvgIpc) is 1.84. The van der Waals surface area contributed by atoms with Crippen LogP contribution in [-0.2, 0) is 4.74 Å². The molecule has 0 saturated heterocycles. The largest absolute Gasteiger partial charge is 0.380 e. The third kappa shape index (κ3) is 6.37. The Kier molecular flexibility index (Phi) is 5.18. The maximum absolute atomic E-state index is 5.11. The van der Waals surface area contributed by atoms with Gasteiger partial charge in [0, 0.05) is 15.2 Å². The van der Waals surface area contributed by atoms with Gasteiger partial charge in [-0.15, -0.1) is 0 Å². The Labute approximate surface area is 77.1 Å². The van der Waals surface area contributed by atoms with Crippen molar-refractivity contribution in [2.45, 2.75) is 25.7 Å². The van der Waals surface area contributed by atoms with Crippen molar-refractivity contribution in [1.29, 1.82) is 0 Å². The number of methoxy groups -OCH3 is 1. The van der Waals surface area contributed by atoms with E-state index in [1.165, 1.54) is 11.6 Å². The highest BCUT2D eigenvalue weighted by Crippen LogP contribution is 2.16. The van der Waals surface area contributed by atoms with E-state index < -0.39 is 8.07 Å². The second-order valence-electron chi connectivity index (χ2n) is 4.23. The Hall–Kier alpha value is -0.343. The van der Waals surface area contributed by atoms with Crippen molar-refractivity contribution in [3.63, 3.8) is 0 Å². The fourth-order valence-corrected chi connectivity index (χ4v) is 2.77. The molecule has 0 radical (unpaired) electrons. The molecule has 0 rings (SSSR count). The summed E-state index contributed by atoms with van der Waals surface area (Å²) in [7, 11) is 0.746. The first-order valence-electron chi connectivity index (χ1n) is 4.29. The molecule has 0 aliphatic rings. The zero-order valence-electron chi connectivity index (χ0n) is 8.68. The minimum atomic E-state index is -0.991. The Morgan fingerprint density at radius 3 is 2.33 bits per heavy atom. The Balaban J connectivity index is 4.14. The van der Waals surface area contributed by atoms with Gasteiger partial charge in [-0.25, -0.2) is 0 Å². The zero-order valence-corrected chi connectivity index (χ0v) is 9.68. The lowest BCUT2D eigenvalue weighted by atomic mass is 10.3. The van der Waals surface area contributed by atoms with Crippen LogP contribution < -0.4 is 0 Å². The quantitative estimate of drug-likeness (QED) is 0.471. The van der Waals surface area contributed by atoms with E-state index in [1.807, 2.05) is 6.08 Å². The van der Waals surface area contributed by atoms with Crippen molar-refractivity contribution in [1.82, 2.24) is 0 Å². The number of ether oxygens (including phenoxy) is 1. The van der Waals surface area contributed by atoms with E-state index >= 15 is 0 Å². The molecule has 12 heavy (non-hydrogen) atoms. The van der Waals surface area contributed by atoms with Crippen molar-refractivity contribution in [2.75, 3.05) is 13.7 Å². The van der Waals surface area contributed by atoms with Crippen molar-refractivity contribution >= 4 is 8.07 Å². The van der Waals surface area contributed by atoms with Crippen molar-refractivity contribution < 1.29 is 4.74 Å². The van der Waals surface area contributed by atoms with E-state index in [1.54, 1.807) is 7.11 Å². The fourth-order valence-electron chi connectivity index (χ4n) is 1.19. The van der Waals surface area contributed by atoms with Crippen LogP contribution in [0.25, 0.3) is 0 Å². The van der Waals surface area contributed by atoms with Gasteiger partial charge in [0.15, 0.2) is 0 Å². The number of hydrogen-bond acceptors (Lipinski definition) is 1. The summed E-state index contributed by atoms with van der Waals surface area (Å²) in [5, 5.41) is 0. The molecule has 0 N–H and O–H groups in total. The van der Waals surface area contributed by atoms with Crippen molar-refractivity contribution in [3.05, 3.63) is 24.3 Å². The summed E-state index contributed by atoms with van der Waals surface area (Å²) in [6.45, 7) is 11.5. The summed E-state index contributed by atoms with van der Waals surface area (Å²) in [6, 6.07) is 1.20. The molecular formula is C10H20OSi. The van der Waals surface area contributed by atoms with E-state index in [4.69, 9.17) is 4.74 Å². The summed E-state index contributed by atoms with van der Waals surface area (Å²) in [5.41, 5.74) is 1.37.